The molecular weight excluding hydrogens is 190 g/mol. The zero-order chi connectivity index (χ0) is 10.7. The van der Waals surface area contributed by atoms with Gasteiger partial charge in [0.05, 0.1) is 0 Å². The molecule has 1 N–H and O–H groups in total. The lowest BCUT2D eigenvalue weighted by Crippen LogP contribution is -2.11. The van der Waals surface area contributed by atoms with Gasteiger partial charge < -0.3 is 9.88 Å². The summed E-state index contributed by atoms with van der Waals surface area (Å²) < 4.78 is 3.89. The first-order valence-corrected chi connectivity index (χ1v) is 4.97. The fourth-order valence-electron chi connectivity index (χ4n) is 1.45. The predicted molar refractivity (Wildman–Crippen MR) is 58.7 cm³/mol. The van der Waals surface area contributed by atoms with Crippen LogP contribution in [0.15, 0.2) is 24.7 Å². The summed E-state index contributed by atoms with van der Waals surface area (Å²) in [5.74, 6) is 1.95. The van der Waals surface area contributed by atoms with Crippen LogP contribution in [-0.4, -0.2) is 25.9 Å². The SMILES string of the molecule is Cc1nccn1CCNc1ccn(C)n1. The Morgan fingerprint density at radius 1 is 1.40 bits per heavy atom. The van der Waals surface area contributed by atoms with Crippen LogP contribution in [-0.2, 0) is 13.6 Å². The van der Waals surface area contributed by atoms with Gasteiger partial charge in [-0.05, 0) is 6.92 Å². The first-order chi connectivity index (χ1) is 7.25. The van der Waals surface area contributed by atoms with Gasteiger partial charge in [-0.2, -0.15) is 5.10 Å². The van der Waals surface area contributed by atoms with Crippen LogP contribution in [0, 0.1) is 6.92 Å². The summed E-state index contributed by atoms with van der Waals surface area (Å²) in [5, 5.41) is 7.48. The van der Waals surface area contributed by atoms with Gasteiger partial charge in [0.25, 0.3) is 0 Å². The molecule has 2 rings (SSSR count). The van der Waals surface area contributed by atoms with Crippen molar-refractivity contribution in [1.29, 1.82) is 0 Å². The van der Waals surface area contributed by atoms with Crippen LogP contribution in [0.2, 0.25) is 0 Å². The highest BCUT2D eigenvalue weighted by Gasteiger charge is 1.97. The van der Waals surface area contributed by atoms with Gasteiger partial charge in [-0.1, -0.05) is 0 Å². The van der Waals surface area contributed by atoms with Crippen LogP contribution >= 0.6 is 0 Å². The number of imidazole rings is 1. The molecule has 2 heterocycles. The third kappa shape index (κ3) is 2.37. The van der Waals surface area contributed by atoms with Gasteiger partial charge in [0.2, 0.25) is 0 Å². The Hall–Kier alpha value is -1.78. The van der Waals surface area contributed by atoms with Crippen molar-refractivity contribution < 1.29 is 0 Å². The van der Waals surface area contributed by atoms with Crippen LogP contribution in [0.1, 0.15) is 5.82 Å². The van der Waals surface area contributed by atoms with Crippen molar-refractivity contribution in [2.24, 2.45) is 7.05 Å². The van der Waals surface area contributed by atoms with Crippen molar-refractivity contribution in [3.8, 4) is 0 Å². The molecule has 0 radical (unpaired) electrons. The van der Waals surface area contributed by atoms with Gasteiger partial charge in [0, 0.05) is 44.8 Å². The molecule has 0 bridgehead atoms. The quantitative estimate of drug-likeness (QED) is 0.811. The van der Waals surface area contributed by atoms with Gasteiger partial charge >= 0.3 is 0 Å². The third-order valence-electron chi connectivity index (χ3n) is 2.30. The summed E-state index contributed by atoms with van der Waals surface area (Å²) in [4.78, 5) is 4.16. The smallest absolute Gasteiger partial charge is 0.148 e. The van der Waals surface area contributed by atoms with Crippen molar-refractivity contribution in [1.82, 2.24) is 19.3 Å². The number of aromatic nitrogens is 4. The van der Waals surface area contributed by atoms with Gasteiger partial charge in [0.1, 0.15) is 11.6 Å². The number of hydrogen-bond donors (Lipinski definition) is 1. The number of anilines is 1. The molecule has 0 aliphatic heterocycles. The molecule has 0 atom stereocenters. The lowest BCUT2D eigenvalue weighted by Gasteiger charge is -2.05. The molecule has 0 amide bonds. The highest BCUT2D eigenvalue weighted by molar-refractivity contribution is 5.31. The Balaban J connectivity index is 1.83. The van der Waals surface area contributed by atoms with Crippen molar-refractivity contribution >= 4 is 5.82 Å². The minimum atomic E-state index is 0.855. The van der Waals surface area contributed by atoms with Gasteiger partial charge in [-0.15, -0.1) is 0 Å². The Morgan fingerprint density at radius 3 is 2.87 bits per heavy atom. The maximum absolute atomic E-state index is 4.23. The fourth-order valence-corrected chi connectivity index (χ4v) is 1.45. The second kappa shape index (κ2) is 4.16. The summed E-state index contributed by atoms with van der Waals surface area (Å²) in [6.07, 6.45) is 5.72. The van der Waals surface area contributed by atoms with Gasteiger partial charge in [0.15, 0.2) is 0 Å². The molecule has 0 aliphatic rings. The molecule has 15 heavy (non-hydrogen) atoms. The van der Waals surface area contributed by atoms with E-state index in [0.717, 1.165) is 24.7 Å². The zero-order valence-electron chi connectivity index (χ0n) is 9.01. The second-order valence-corrected chi connectivity index (χ2v) is 3.47. The number of rotatable bonds is 4. The van der Waals surface area contributed by atoms with Gasteiger partial charge in [-0.25, -0.2) is 4.98 Å². The Labute approximate surface area is 88.7 Å². The predicted octanol–water partition coefficient (Wildman–Crippen LogP) is 1.04. The molecule has 5 heteroatoms. The average Bonchev–Trinajstić information content (AvgIpc) is 2.77. The standard InChI is InChI=1S/C10H15N5/c1-9-11-4-7-15(9)8-5-12-10-3-6-14(2)13-10/h3-4,6-7H,5,8H2,1-2H3,(H,12,13). The monoisotopic (exact) mass is 205 g/mol. The molecule has 0 aromatic carbocycles. The van der Waals surface area contributed by atoms with E-state index < -0.39 is 0 Å². The topological polar surface area (TPSA) is 47.7 Å². The first-order valence-electron chi connectivity index (χ1n) is 4.97. The van der Waals surface area contributed by atoms with Crippen molar-refractivity contribution in [3.05, 3.63) is 30.5 Å². The Morgan fingerprint density at radius 2 is 2.27 bits per heavy atom. The van der Waals surface area contributed by atoms with E-state index >= 15 is 0 Å². The summed E-state index contributed by atoms with van der Waals surface area (Å²) in [5.41, 5.74) is 0. The molecule has 0 saturated heterocycles. The minimum Gasteiger partial charge on any atom is -0.367 e. The van der Waals surface area contributed by atoms with E-state index in [2.05, 4.69) is 20.0 Å². The lowest BCUT2D eigenvalue weighted by molar-refractivity contribution is 0.696. The molecule has 0 aliphatic carbocycles. The van der Waals surface area contributed by atoms with Crippen molar-refractivity contribution in [3.63, 3.8) is 0 Å². The first kappa shape index (κ1) is 9.76. The molecular formula is C10H15N5. The zero-order valence-corrected chi connectivity index (χ0v) is 9.01. The van der Waals surface area contributed by atoms with E-state index in [0.29, 0.717) is 0 Å². The largest absolute Gasteiger partial charge is 0.367 e. The summed E-state index contributed by atoms with van der Waals surface area (Å²) in [7, 11) is 1.91. The highest BCUT2D eigenvalue weighted by Crippen LogP contribution is 2.01. The molecule has 80 valence electrons. The van der Waals surface area contributed by atoms with E-state index in [4.69, 9.17) is 0 Å². The molecule has 2 aromatic rings. The van der Waals surface area contributed by atoms with Crippen LogP contribution < -0.4 is 5.32 Å². The minimum absolute atomic E-state index is 0.855. The van der Waals surface area contributed by atoms with E-state index in [1.807, 2.05) is 38.6 Å². The molecule has 2 aromatic heterocycles. The summed E-state index contributed by atoms with van der Waals surface area (Å²) >= 11 is 0. The second-order valence-electron chi connectivity index (χ2n) is 3.47. The third-order valence-corrected chi connectivity index (χ3v) is 2.30. The Bertz CT molecular complexity index is 428. The van der Waals surface area contributed by atoms with Crippen molar-refractivity contribution in [2.75, 3.05) is 11.9 Å². The van der Waals surface area contributed by atoms with Crippen LogP contribution in [0.3, 0.4) is 0 Å². The van der Waals surface area contributed by atoms with E-state index in [-0.39, 0.29) is 0 Å². The fraction of sp³-hybridized carbons (Fsp3) is 0.400. The molecule has 0 saturated carbocycles. The molecule has 5 nitrogen and oxygen atoms in total. The number of aryl methyl sites for hydroxylation is 2. The molecule has 0 spiro atoms. The van der Waals surface area contributed by atoms with E-state index in [9.17, 15) is 0 Å². The van der Waals surface area contributed by atoms with E-state index in [1.54, 1.807) is 4.68 Å². The number of nitrogens with zero attached hydrogens (tertiary/aromatic N) is 4. The normalized spacial score (nSPS) is 10.5. The highest BCUT2D eigenvalue weighted by atomic mass is 15.3. The number of nitrogens with one attached hydrogen (secondary N) is 1. The summed E-state index contributed by atoms with van der Waals surface area (Å²) in [6.45, 7) is 3.76. The number of hydrogen-bond acceptors (Lipinski definition) is 3. The van der Waals surface area contributed by atoms with Crippen molar-refractivity contribution in [2.45, 2.75) is 13.5 Å². The maximum Gasteiger partial charge on any atom is 0.148 e. The molecule has 0 fully saturated rings. The molecule has 0 unspecified atom stereocenters. The van der Waals surface area contributed by atoms with Crippen LogP contribution in [0.5, 0.6) is 0 Å². The summed E-state index contributed by atoms with van der Waals surface area (Å²) in [6, 6.07) is 1.96. The Kier molecular flexibility index (Phi) is 2.71. The average molecular weight is 205 g/mol. The maximum atomic E-state index is 4.23. The van der Waals surface area contributed by atoms with Crippen LogP contribution in [0.25, 0.3) is 0 Å². The lowest BCUT2D eigenvalue weighted by atomic mass is 10.5. The van der Waals surface area contributed by atoms with E-state index in [1.165, 1.54) is 0 Å². The van der Waals surface area contributed by atoms with Gasteiger partial charge in [-0.3, -0.25) is 4.68 Å². The van der Waals surface area contributed by atoms with Crippen LogP contribution in [0.4, 0.5) is 5.82 Å².